The Morgan fingerprint density at radius 1 is 0.667 bits per heavy atom. The van der Waals surface area contributed by atoms with Gasteiger partial charge in [0.15, 0.2) is 0 Å². The molecule has 1 aliphatic rings. The summed E-state index contributed by atoms with van der Waals surface area (Å²) in [5.41, 5.74) is 9.53. The summed E-state index contributed by atoms with van der Waals surface area (Å²) in [6.07, 6.45) is 3.02. The van der Waals surface area contributed by atoms with E-state index in [1.807, 2.05) is 22.2 Å². The molecule has 39 heavy (non-hydrogen) atoms. The van der Waals surface area contributed by atoms with Gasteiger partial charge >= 0.3 is 0 Å². The van der Waals surface area contributed by atoms with Gasteiger partial charge in [0.05, 0.1) is 34.1 Å². The number of imidazole rings is 1. The van der Waals surface area contributed by atoms with Crippen molar-refractivity contribution >= 4 is 60.5 Å². The van der Waals surface area contributed by atoms with E-state index in [0.717, 1.165) is 35.2 Å². The Balaban J connectivity index is 1.29. The van der Waals surface area contributed by atoms with Crippen LogP contribution in [0.3, 0.4) is 0 Å². The van der Waals surface area contributed by atoms with Crippen LogP contribution in [-0.2, 0) is 6.42 Å². The number of aromatic nitrogens is 4. The SMILES string of the molecule is c1ccc(N2CCc3sc4c(cc5n(-c6cccc(-n7ncc8ccccc87)c6)c6ccccc6n45)c32)cc1. The second kappa shape index (κ2) is 7.85. The van der Waals surface area contributed by atoms with Gasteiger partial charge in [0.2, 0.25) is 0 Å². The predicted octanol–water partition coefficient (Wildman–Crippen LogP) is 8.13. The van der Waals surface area contributed by atoms with Crippen molar-refractivity contribution in [3.63, 3.8) is 0 Å². The van der Waals surface area contributed by atoms with Gasteiger partial charge in [0.25, 0.3) is 0 Å². The third-order valence-electron chi connectivity index (χ3n) is 7.98. The minimum absolute atomic E-state index is 1.03. The molecule has 4 aromatic carbocycles. The Labute approximate surface area is 228 Å². The minimum Gasteiger partial charge on any atom is -0.340 e. The summed E-state index contributed by atoms with van der Waals surface area (Å²) in [5, 5.41) is 7.19. The Bertz CT molecular complexity index is 2190. The van der Waals surface area contributed by atoms with Gasteiger partial charge < -0.3 is 4.90 Å². The molecule has 186 valence electrons. The number of benzene rings is 4. The number of para-hydroxylation sites is 4. The zero-order valence-electron chi connectivity index (χ0n) is 21.0. The normalized spacial score (nSPS) is 13.4. The van der Waals surface area contributed by atoms with Crippen molar-refractivity contribution < 1.29 is 0 Å². The standard InChI is InChI=1S/C33H23N5S/c1-2-10-23(11-3-1)35-18-17-30-32(35)26-20-31-36(28-15-6-7-16-29(28)37(31)33(26)39-30)24-12-8-13-25(19-24)38-27-14-5-4-9-22(27)21-34-38/h1-16,19-21H,17-18H2. The lowest BCUT2D eigenvalue weighted by Gasteiger charge is -2.18. The highest BCUT2D eigenvalue weighted by Gasteiger charge is 2.29. The maximum Gasteiger partial charge on any atom is 0.124 e. The first kappa shape index (κ1) is 21.2. The molecule has 1 aliphatic heterocycles. The molecule has 0 atom stereocenters. The summed E-state index contributed by atoms with van der Waals surface area (Å²) in [5.74, 6) is 0. The molecular weight excluding hydrogens is 498 g/mol. The largest absolute Gasteiger partial charge is 0.340 e. The molecule has 9 rings (SSSR count). The number of hydrogen-bond acceptors (Lipinski definition) is 3. The number of fused-ring (bicyclic) bond motifs is 8. The fourth-order valence-corrected chi connectivity index (χ4v) is 7.59. The lowest BCUT2D eigenvalue weighted by Crippen LogP contribution is -2.12. The van der Waals surface area contributed by atoms with E-state index in [0.29, 0.717) is 0 Å². The molecule has 0 saturated carbocycles. The van der Waals surface area contributed by atoms with Crippen molar-refractivity contribution in [1.82, 2.24) is 18.7 Å². The first-order valence-electron chi connectivity index (χ1n) is 13.3. The fourth-order valence-electron chi connectivity index (χ4n) is 6.30. The van der Waals surface area contributed by atoms with Gasteiger partial charge in [-0.3, -0.25) is 8.97 Å². The van der Waals surface area contributed by atoms with Crippen LogP contribution in [0.25, 0.3) is 49.2 Å². The molecular formula is C33H23N5S. The van der Waals surface area contributed by atoms with Crippen molar-refractivity contribution in [2.75, 3.05) is 11.4 Å². The van der Waals surface area contributed by atoms with Gasteiger partial charge in [-0.1, -0.05) is 54.6 Å². The van der Waals surface area contributed by atoms with Gasteiger partial charge in [-0.15, -0.1) is 11.3 Å². The maximum atomic E-state index is 4.71. The molecule has 0 fully saturated rings. The Morgan fingerprint density at radius 2 is 1.41 bits per heavy atom. The third-order valence-corrected chi connectivity index (χ3v) is 9.22. The van der Waals surface area contributed by atoms with E-state index in [1.54, 1.807) is 0 Å². The van der Waals surface area contributed by atoms with E-state index in [4.69, 9.17) is 5.10 Å². The van der Waals surface area contributed by atoms with Crippen molar-refractivity contribution in [2.24, 2.45) is 0 Å². The van der Waals surface area contributed by atoms with E-state index in [9.17, 15) is 0 Å². The molecule has 0 N–H and O–H groups in total. The number of nitrogens with zero attached hydrogens (tertiary/aromatic N) is 5. The number of thiophene rings is 1. The van der Waals surface area contributed by atoms with Crippen LogP contribution in [0.1, 0.15) is 4.88 Å². The van der Waals surface area contributed by atoms with Gasteiger partial charge in [-0.05, 0) is 54.6 Å². The molecule has 4 aromatic heterocycles. The van der Waals surface area contributed by atoms with E-state index < -0.39 is 0 Å². The third kappa shape index (κ3) is 2.92. The highest BCUT2D eigenvalue weighted by atomic mass is 32.1. The molecule has 5 nitrogen and oxygen atoms in total. The second-order valence-corrected chi connectivity index (χ2v) is 11.2. The van der Waals surface area contributed by atoms with E-state index >= 15 is 0 Å². The highest BCUT2D eigenvalue weighted by Crippen LogP contribution is 2.48. The summed E-state index contributed by atoms with van der Waals surface area (Å²) < 4.78 is 6.88. The van der Waals surface area contributed by atoms with Crippen LogP contribution >= 0.6 is 11.3 Å². The monoisotopic (exact) mass is 521 g/mol. The smallest absolute Gasteiger partial charge is 0.124 e. The van der Waals surface area contributed by atoms with Crippen LogP contribution < -0.4 is 4.90 Å². The van der Waals surface area contributed by atoms with Crippen LogP contribution in [-0.4, -0.2) is 25.3 Å². The lowest BCUT2D eigenvalue weighted by molar-refractivity contribution is 0.908. The van der Waals surface area contributed by atoms with E-state index in [1.165, 1.54) is 43.1 Å². The zero-order valence-corrected chi connectivity index (χ0v) is 21.8. The lowest BCUT2D eigenvalue weighted by atomic mass is 10.2. The van der Waals surface area contributed by atoms with Crippen molar-refractivity contribution in [1.29, 1.82) is 0 Å². The topological polar surface area (TPSA) is 30.4 Å². The van der Waals surface area contributed by atoms with Crippen LogP contribution in [0.2, 0.25) is 0 Å². The van der Waals surface area contributed by atoms with Gasteiger partial charge in [0.1, 0.15) is 10.5 Å². The molecule has 0 unspecified atom stereocenters. The number of anilines is 2. The predicted molar refractivity (Wildman–Crippen MR) is 161 cm³/mol. The quantitative estimate of drug-likeness (QED) is 0.235. The van der Waals surface area contributed by atoms with Crippen molar-refractivity contribution in [2.45, 2.75) is 6.42 Å². The molecule has 0 bridgehead atoms. The second-order valence-electron chi connectivity index (χ2n) is 10.1. The Hall–Kier alpha value is -4.81. The van der Waals surface area contributed by atoms with Crippen molar-refractivity contribution in [3.05, 3.63) is 120 Å². The summed E-state index contributed by atoms with van der Waals surface area (Å²) >= 11 is 1.94. The Morgan fingerprint density at radius 3 is 2.31 bits per heavy atom. The minimum atomic E-state index is 1.03. The van der Waals surface area contributed by atoms with Gasteiger partial charge in [-0.25, -0.2) is 4.68 Å². The Kier molecular flexibility index (Phi) is 4.26. The summed E-state index contributed by atoms with van der Waals surface area (Å²) in [6, 6.07) is 39.0. The molecule has 0 radical (unpaired) electrons. The number of hydrogen-bond donors (Lipinski definition) is 0. The van der Waals surface area contributed by atoms with E-state index in [-0.39, 0.29) is 0 Å². The van der Waals surface area contributed by atoms with Crippen LogP contribution in [0.5, 0.6) is 0 Å². The van der Waals surface area contributed by atoms with Crippen LogP contribution in [0.15, 0.2) is 115 Å². The molecule has 6 heteroatoms. The van der Waals surface area contributed by atoms with Crippen LogP contribution in [0, 0.1) is 0 Å². The maximum absolute atomic E-state index is 4.71. The molecule has 0 saturated heterocycles. The summed E-state index contributed by atoms with van der Waals surface area (Å²) in [7, 11) is 0. The zero-order chi connectivity index (χ0) is 25.5. The molecule has 8 aromatic rings. The van der Waals surface area contributed by atoms with Gasteiger partial charge in [-0.2, -0.15) is 5.10 Å². The van der Waals surface area contributed by atoms with Crippen molar-refractivity contribution in [3.8, 4) is 11.4 Å². The highest BCUT2D eigenvalue weighted by molar-refractivity contribution is 7.19. The average molecular weight is 522 g/mol. The summed E-state index contributed by atoms with van der Waals surface area (Å²) in [4.78, 5) is 5.28. The summed E-state index contributed by atoms with van der Waals surface area (Å²) in [6.45, 7) is 1.03. The first-order valence-corrected chi connectivity index (χ1v) is 14.1. The average Bonchev–Trinajstić information content (AvgIpc) is 3.78. The fraction of sp³-hybridized carbons (Fsp3) is 0.0606. The molecule has 0 amide bonds. The molecule has 5 heterocycles. The molecule has 0 spiro atoms. The van der Waals surface area contributed by atoms with Crippen LogP contribution in [0.4, 0.5) is 11.4 Å². The molecule has 0 aliphatic carbocycles. The number of rotatable bonds is 3. The first-order chi connectivity index (χ1) is 19.3. The van der Waals surface area contributed by atoms with E-state index in [2.05, 4.69) is 123 Å². The van der Waals surface area contributed by atoms with Gasteiger partial charge in [0, 0.05) is 40.0 Å².